The van der Waals surface area contributed by atoms with E-state index < -0.39 is 16.1 Å². The molecule has 2 rings (SSSR count). The van der Waals surface area contributed by atoms with E-state index in [1.165, 1.54) is 23.5 Å². The highest BCUT2D eigenvalue weighted by Gasteiger charge is 2.29. The predicted molar refractivity (Wildman–Crippen MR) is 87.5 cm³/mol. The van der Waals surface area contributed by atoms with E-state index >= 15 is 0 Å². The fourth-order valence-corrected chi connectivity index (χ4v) is 3.84. The van der Waals surface area contributed by atoms with Crippen molar-refractivity contribution < 1.29 is 13.2 Å². The molecule has 120 valence electrons. The van der Waals surface area contributed by atoms with Crippen molar-refractivity contribution in [1.29, 1.82) is 5.26 Å². The zero-order chi connectivity index (χ0) is 17.0. The minimum absolute atomic E-state index is 0.00625. The van der Waals surface area contributed by atoms with Gasteiger partial charge in [0.25, 0.3) is 0 Å². The minimum atomic E-state index is -3.80. The maximum absolute atomic E-state index is 12.9. The first-order valence-electron chi connectivity index (χ1n) is 7.03. The molecule has 0 saturated heterocycles. The summed E-state index contributed by atoms with van der Waals surface area (Å²) in [7, 11) is -0.752. The van der Waals surface area contributed by atoms with Crippen molar-refractivity contribution >= 4 is 10.0 Å². The number of methoxy groups -OCH3 is 1. The summed E-state index contributed by atoms with van der Waals surface area (Å²) >= 11 is 0. The highest BCUT2D eigenvalue weighted by molar-refractivity contribution is 7.89. The van der Waals surface area contributed by atoms with E-state index in [-0.39, 0.29) is 10.5 Å². The van der Waals surface area contributed by atoms with Crippen molar-refractivity contribution in [3.63, 3.8) is 0 Å². The molecule has 0 radical (unpaired) electrons. The third-order valence-electron chi connectivity index (χ3n) is 3.80. The largest absolute Gasteiger partial charge is 0.496 e. The molecule has 0 unspecified atom stereocenters. The SMILES string of the molecule is COc1ccccc1[C@@H](C)N(C)S(=O)(=O)c1ccccc1C#N. The molecule has 0 aliphatic heterocycles. The molecule has 0 spiro atoms. The van der Waals surface area contributed by atoms with Crippen LogP contribution >= 0.6 is 0 Å². The second-order valence-electron chi connectivity index (χ2n) is 5.05. The number of nitriles is 1. The standard InChI is InChI=1S/C17H18N2O3S/c1-13(15-9-5-6-10-16(15)22-3)19(2)23(20,21)17-11-7-4-8-14(17)12-18/h4-11,13H,1-3H3/t13-/m1/s1. The summed E-state index contributed by atoms with van der Waals surface area (Å²) in [6.07, 6.45) is 0. The summed E-state index contributed by atoms with van der Waals surface area (Å²) in [6.45, 7) is 1.78. The average Bonchev–Trinajstić information content (AvgIpc) is 2.60. The highest BCUT2D eigenvalue weighted by atomic mass is 32.2. The van der Waals surface area contributed by atoms with Gasteiger partial charge < -0.3 is 4.74 Å². The van der Waals surface area contributed by atoms with E-state index in [0.717, 1.165) is 5.56 Å². The van der Waals surface area contributed by atoms with Crippen molar-refractivity contribution in [2.75, 3.05) is 14.2 Å². The first-order valence-corrected chi connectivity index (χ1v) is 8.47. The molecule has 0 aliphatic carbocycles. The third-order valence-corrected chi connectivity index (χ3v) is 5.79. The molecule has 2 aromatic rings. The molecule has 0 heterocycles. The molecule has 23 heavy (non-hydrogen) atoms. The quantitative estimate of drug-likeness (QED) is 0.845. The second-order valence-corrected chi connectivity index (χ2v) is 7.01. The van der Waals surface area contributed by atoms with E-state index in [2.05, 4.69) is 0 Å². The lowest BCUT2D eigenvalue weighted by atomic mass is 10.1. The van der Waals surface area contributed by atoms with Crippen molar-refractivity contribution in [1.82, 2.24) is 4.31 Å². The molecule has 2 aromatic carbocycles. The number of hydrogen-bond acceptors (Lipinski definition) is 4. The van der Waals surface area contributed by atoms with Crippen molar-refractivity contribution in [2.45, 2.75) is 17.9 Å². The monoisotopic (exact) mass is 330 g/mol. The molecule has 6 heteroatoms. The topological polar surface area (TPSA) is 70.4 Å². The Bertz CT molecular complexity index is 841. The predicted octanol–water partition coefficient (Wildman–Crippen LogP) is 2.95. The van der Waals surface area contributed by atoms with Crippen LogP contribution in [0.4, 0.5) is 0 Å². The Balaban J connectivity index is 2.46. The Morgan fingerprint density at radius 2 is 1.74 bits per heavy atom. The van der Waals surface area contributed by atoms with Gasteiger partial charge in [0.05, 0.1) is 23.6 Å². The highest BCUT2D eigenvalue weighted by Crippen LogP contribution is 2.32. The number of rotatable bonds is 5. The average molecular weight is 330 g/mol. The van der Waals surface area contributed by atoms with Gasteiger partial charge in [-0.2, -0.15) is 9.57 Å². The normalized spacial score (nSPS) is 12.7. The summed E-state index contributed by atoms with van der Waals surface area (Å²) in [5.74, 6) is 0.621. The van der Waals surface area contributed by atoms with Crippen LogP contribution in [0.3, 0.4) is 0 Å². The van der Waals surface area contributed by atoms with Gasteiger partial charge in [-0.05, 0) is 25.1 Å². The van der Waals surface area contributed by atoms with E-state index in [4.69, 9.17) is 10.00 Å². The number of para-hydroxylation sites is 1. The Morgan fingerprint density at radius 3 is 2.39 bits per heavy atom. The molecule has 0 bridgehead atoms. The lowest BCUT2D eigenvalue weighted by Gasteiger charge is -2.26. The van der Waals surface area contributed by atoms with Gasteiger partial charge in [0.15, 0.2) is 0 Å². The molecule has 0 amide bonds. The second kappa shape index (κ2) is 6.82. The lowest BCUT2D eigenvalue weighted by Crippen LogP contribution is -2.30. The minimum Gasteiger partial charge on any atom is -0.496 e. The van der Waals surface area contributed by atoms with Gasteiger partial charge in [0.1, 0.15) is 11.8 Å². The van der Waals surface area contributed by atoms with Gasteiger partial charge in [-0.3, -0.25) is 0 Å². The zero-order valence-electron chi connectivity index (χ0n) is 13.2. The number of hydrogen-bond donors (Lipinski definition) is 0. The molecule has 5 nitrogen and oxygen atoms in total. The fourth-order valence-electron chi connectivity index (χ4n) is 2.35. The smallest absolute Gasteiger partial charge is 0.244 e. The Morgan fingerprint density at radius 1 is 1.13 bits per heavy atom. The van der Waals surface area contributed by atoms with Crippen LogP contribution < -0.4 is 4.74 Å². The molecular weight excluding hydrogens is 312 g/mol. The first-order chi connectivity index (χ1) is 10.9. The number of benzene rings is 2. The van der Waals surface area contributed by atoms with Crippen LogP contribution in [0.5, 0.6) is 5.75 Å². The van der Waals surface area contributed by atoms with Crippen LogP contribution in [-0.4, -0.2) is 26.9 Å². The summed E-state index contributed by atoms with van der Waals surface area (Å²) in [6, 6.07) is 14.9. The van der Waals surface area contributed by atoms with Gasteiger partial charge in [-0.1, -0.05) is 30.3 Å². The van der Waals surface area contributed by atoms with E-state index in [1.54, 1.807) is 32.2 Å². The van der Waals surface area contributed by atoms with Gasteiger partial charge in [-0.25, -0.2) is 8.42 Å². The molecule has 0 fully saturated rings. The summed E-state index contributed by atoms with van der Waals surface area (Å²) < 4.78 is 32.3. The summed E-state index contributed by atoms with van der Waals surface area (Å²) in [4.78, 5) is 0.00625. The van der Waals surface area contributed by atoms with E-state index in [1.807, 2.05) is 24.3 Å². The number of ether oxygens (including phenoxy) is 1. The van der Waals surface area contributed by atoms with Gasteiger partial charge in [-0.15, -0.1) is 0 Å². The molecular formula is C17H18N2O3S. The van der Waals surface area contributed by atoms with Crippen LogP contribution in [-0.2, 0) is 10.0 Å². The van der Waals surface area contributed by atoms with E-state index in [0.29, 0.717) is 5.75 Å². The Labute approximate surface area is 136 Å². The van der Waals surface area contributed by atoms with Crippen LogP contribution in [0.15, 0.2) is 53.4 Å². The molecule has 0 saturated carbocycles. The molecule has 0 aliphatic rings. The Hall–Kier alpha value is -2.36. The van der Waals surface area contributed by atoms with E-state index in [9.17, 15) is 8.42 Å². The summed E-state index contributed by atoms with van der Waals surface area (Å²) in [5, 5.41) is 9.15. The lowest BCUT2D eigenvalue weighted by molar-refractivity contribution is 0.367. The van der Waals surface area contributed by atoms with Crippen LogP contribution in [0.25, 0.3) is 0 Å². The number of sulfonamides is 1. The Kier molecular flexibility index (Phi) is 5.04. The maximum atomic E-state index is 12.9. The first kappa shape index (κ1) is 17.0. The maximum Gasteiger partial charge on any atom is 0.244 e. The van der Waals surface area contributed by atoms with Crippen LogP contribution in [0.1, 0.15) is 24.1 Å². The molecule has 0 N–H and O–H groups in total. The fraction of sp³-hybridized carbons (Fsp3) is 0.235. The van der Waals surface area contributed by atoms with Crippen molar-refractivity contribution in [3.8, 4) is 11.8 Å². The van der Waals surface area contributed by atoms with Gasteiger partial charge >= 0.3 is 0 Å². The third kappa shape index (κ3) is 3.21. The van der Waals surface area contributed by atoms with Gasteiger partial charge in [0, 0.05) is 12.6 Å². The van der Waals surface area contributed by atoms with Crippen LogP contribution in [0, 0.1) is 11.3 Å². The zero-order valence-corrected chi connectivity index (χ0v) is 14.0. The number of nitrogens with zero attached hydrogens (tertiary/aromatic N) is 2. The van der Waals surface area contributed by atoms with Gasteiger partial charge in [0.2, 0.25) is 10.0 Å². The van der Waals surface area contributed by atoms with Crippen molar-refractivity contribution in [2.24, 2.45) is 0 Å². The molecule has 1 atom stereocenters. The molecule has 0 aromatic heterocycles. The summed E-state index contributed by atoms with van der Waals surface area (Å²) in [5.41, 5.74) is 0.891. The van der Waals surface area contributed by atoms with Crippen LogP contribution in [0.2, 0.25) is 0 Å². The van der Waals surface area contributed by atoms with Crippen molar-refractivity contribution in [3.05, 3.63) is 59.7 Å².